The summed E-state index contributed by atoms with van der Waals surface area (Å²) in [5.74, 6) is -0.418. The van der Waals surface area contributed by atoms with Gasteiger partial charge in [-0.1, -0.05) is 60.1 Å². The number of ether oxygens (including phenoxy) is 1. The number of benzene rings is 2. The molecule has 0 spiro atoms. The highest BCUT2D eigenvalue weighted by Crippen LogP contribution is 2.29. The maximum atomic E-state index is 12.7. The van der Waals surface area contributed by atoms with Gasteiger partial charge < -0.3 is 4.74 Å². The molecule has 1 aliphatic rings. The summed E-state index contributed by atoms with van der Waals surface area (Å²) in [6.07, 6.45) is 1.59. The average Bonchev–Trinajstić information content (AvgIpc) is 2.75. The van der Waals surface area contributed by atoms with Gasteiger partial charge in [0.25, 0.3) is 0 Å². The lowest BCUT2D eigenvalue weighted by molar-refractivity contribution is -0.147. The summed E-state index contributed by atoms with van der Waals surface area (Å²) in [7, 11) is -2.21. The van der Waals surface area contributed by atoms with Crippen LogP contribution in [-0.4, -0.2) is 56.9 Å². The van der Waals surface area contributed by atoms with E-state index in [0.717, 1.165) is 5.56 Å². The van der Waals surface area contributed by atoms with Gasteiger partial charge in [0.1, 0.15) is 6.04 Å². The van der Waals surface area contributed by atoms with Gasteiger partial charge in [0.15, 0.2) is 0 Å². The number of piperazine rings is 1. The molecule has 1 heterocycles. The molecule has 0 radical (unpaired) electrons. The van der Waals surface area contributed by atoms with Crippen LogP contribution in [0.5, 0.6) is 0 Å². The summed E-state index contributed by atoms with van der Waals surface area (Å²) in [4.78, 5) is 14.3. The number of carbonyl (C=O) groups excluding carboxylic acids is 1. The summed E-state index contributed by atoms with van der Waals surface area (Å²) >= 11 is 6.29. The van der Waals surface area contributed by atoms with Gasteiger partial charge in [-0.3, -0.25) is 4.90 Å². The monoisotopic (exact) mass is 434 g/mol. The normalized spacial score (nSPS) is 17.3. The number of sulfonamides is 1. The Kier molecular flexibility index (Phi) is 7.08. The quantitative estimate of drug-likeness (QED) is 0.653. The first-order valence-electron chi connectivity index (χ1n) is 9.22. The molecule has 0 aliphatic carbocycles. The summed E-state index contributed by atoms with van der Waals surface area (Å²) in [6, 6.07) is 15.7. The minimum Gasteiger partial charge on any atom is -0.468 e. The molecule has 0 saturated carbocycles. The van der Waals surface area contributed by atoms with E-state index in [0.29, 0.717) is 23.7 Å². The van der Waals surface area contributed by atoms with Gasteiger partial charge in [-0.25, -0.2) is 13.2 Å². The largest absolute Gasteiger partial charge is 0.468 e. The molecule has 0 N–H and O–H groups in total. The van der Waals surface area contributed by atoms with E-state index in [1.807, 2.05) is 41.3 Å². The van der Waals surface area contributed by atoms with Crippen molar-refractivity contribution in [2.24, 2.45) is 0 Å². The summed E-state index contributed by atoms with van der Waals surface area (Å²) < 4.78 is 31.7. The predicted molar refractivity (Wildman–Crippen MR) is 114 cm³/mol. The van der Waals surface area contributed by atoms with Crippen molar-refractivity contribution >= 4 is 33.7 Å². The smallest absolute Gasteiger partial charge is 0.327 e. The van der Waals surface area contributed by atoms with Crippen LogP contribution in [0.15, 0.2) is 60.0 Å². The Bertz CT molecular complexity index is 971. The molecule has 29 heavy (non-hydrogen) atoms. The van der Waals surface area contributed by atoms with Gasteiger partial charge >= 0.3 is 5.97 Å². The fourth-order valence-corrected chi connectivity index (χ4v) is 4.72. The van der Waals surface area contributed by atoms with E-state index in [2.05, 4.69) is 0 Å². The molecule has 3 rings (SSSR count). The molecule has 2 aromatic carbocycles. The molecule has 1 saturated heterocycles. The zero-order valence-electron chi connectivity index (χ0n) is 16.1. The Hall–Kier alpha value is -2.19. The maximum absolute atomic E-state index is 12.7. The van der Waals surface area contributed by atoms with Crippen LogP contribution >= 0.6 is 11.6 Å². The highest BCUT2D eigenvalue weighted by Gasteiger charge is 2.34. The third-order valence-electron chi connectivity index (χ3n) is 4.85. The van der Waals surface area contributed by atoms with Crippen molar-refractivity contribution in [3.8, 4) is 0 Å². The highest BCUT2D eigenvalue weighted by atomic mass is 35.5. The van der Waals surface area contributed by atoms with Crippen LogP contribution in [0.25, 0.3) is 6.08 Å². The van der Waals surface area contributed by atoms with Gasteiger partial charge in [0.05, 0.1) is 7.11 Å². The molecule has 1 atom stereocenters. The number of methoxy groups -OCH3 is 1. The summed E-state index contributed by atoms with van der Waals surface area (Å²) in [5.41, 5.74) is 1.47. The Morgan fingerprint density at radius 1 is 1.03 bits per heavy atom. The van der Waals surface area contributed by atoms with Gasteiger partial charge in [-0.2, -0.15) is 4.31 Å². The maximum Gasteiger partial charge on any atom is 0.327 e. The van der Waals surface area contributed by atoms with Crippen molar-refractivity contribution in [2.45, 2.75) is 6.04 Å². The Morgan fingerprint density at radius 3 is 2.28 bits per heavy atom. The zero-order chi connectivity index (χ0) is 20.9. The third-order valence-corrected chi connectivity index (χ3v) is 6.76. The van der Waals surface area contributed by atoms with Crippen LogP contribution < -0.4 is 0 Å². The second-order valence-electron chi connectivity index (χ2n) is 6.64. The van der Waals surface area contributed by atoms with E-state index < -0.39 is 22.0 Å². The first kappa shape index (κ1) is 21.5. The van der Waals surface area contributed by atoms with Crippen LogP contribution in [0.2, 0.25) is 5.02 Å². The van der Waals surface area contributed by atoms with Gasteiger partial charge in [0.2, 0.25) is 10.0 Å². The molecule has 8 heteroatoms. The molecule has 2 aromatic rings. The molecule has 0 amide bonds. The first-order valence-corrected chi connectivity index (χ1v) is 11.1. The van der Waals surface area contributed by atoms with Crippen LogP contribution in [0.1, 0.15) is 17.2 Å². The van der Waals surface area contributed by atoms with Gasteiger partial charge in [0, 0.05) is 36.6 Å². The molecule has 6 nitrogen and oxygen atoms in total. The summed E-state index contributed by atoms with van der Waals surface area (Å²) in [6.45, 7) is 1.34. The van der Waals surface area contributed by atoms with Gasteiger partial charge in [-0.05, 0) is 23.3 Å². The lowest BCUT2D eigenvalue weighted by Gasteiger charge is -2.37. The minimum atomic E-state index is -3.55. The first-order chi connectivity index (χ1) is 13.9. The van der Waals surface area contributed by atoms with Crippen LogP contribution in [0.4, 0.5) is 0 Å². The van der Waals surface area contributed by atoms with E-state index in [1.54, 1.807) is 24.3 Å². The van der Waals surface area contributed by atoms with Crippen LogP contribution in [-0.2, 0) is 19.6 Å². The topological polar surface area (TPSA) is 66.9 Å². The molecule has 154 valence electrons. The molecule has 0 aromatic heterocycles. The lowest BCUT2D eigenvalue weighted by Crippen LogP contribution is -2.50. The number of nitrogens with zero attached hydrogens (tertiary/aromatic N) is 2. The Labute approximate surface area is 176 Å². The van der Waals surface area contributed by atoms with E-state index in [1.165, 1.54) is 16.8 Å². The molecular formula is C21H23ClN2O4S. The molecule has 1 unspecified atom stereocenters. The number of carbonyl (C=O) groups is 1. The number of esters is 1. The second kappa shape index (κ2) is 9.54. The third kappa shape index (κ3) is 5.25. The predicted octanol–water partition coefficient (Wildman–Crippen LogP) is 3.17. The van der Waals surface area contributed by atoms with E-state index in [-0.39, 0.29) is 13.1 Å². The van der Waals surface area contributed by atoms with Crippen LogP contribution in [0, 0.1) is 0 Å². The van der Waals surface area contributed by atoms with E-state index in [4.69, 9.17) is 16.3 Å². The Balaban J connectivity index is 1.72. The SMILES string of the molecule is COC(=O)C(c1ccccc1Cl)N1CCN(S(=O)(=O)/C=C/c2ccccc2)CC1. The van der Waals surface area contributed by atoms with Crippen molar-refractivity contribution in [1.29, 1.82) is 0 Å². The number of hydrogen-bond acceptors (Lipinski definition) is 5. The lowest BCUT2D eigenvalue weighted by atomic mass is 10.0. The minimum absolute atomic E-state index is 0.277. The number of rotatable bonds is 6. The number of halogens is 1. The van der Waals surface area contributed by atoms with Crippen molar-refractivity contribution in [2.75, 3.05) is 33.3 Å². The highest BCUT2D eigenvalue weighted by molar-refractivity contribution is 7.92. The molecule has 0 bridgehead atoms. The molecule has 1 fully saturated rings. The van der Waals surface area contributed by atoms with Gasteiger partial charge in [-0.15, -0.1) is 0 Å². The fraction of sp³-hybridized carbons (Fsp3) is 0.286. The van der Waals surface area contributed by atoms with E-state index >= 15 is 0 Å². The van der Waals surface area contributed by atoms with Crippen molar-refractivity contribution in [3.05, 3.63) is 76.2 Å². The van der Waals surface area contributed by atoms with Crippen LogP contribution in [0.3, 0.4) is 0 Å². The van der Waals surface area contributed by atoms with Crippen molar-refractivity contribution < 1.29 is 17.9 Å². The van der Waals surface area contributed by atoms with Crippen molar-refractivity contribution in [1.82, 2.24) is 9.21 Å². The van der Waals surface area contributed by atoms with E-state index in [9.17, 15) is 13.2 Å². The standard InChI is InChI=1S/C21H23ClN2O4S/c1-28-21(25)20(18-9-5-6-10-19(18)22)23-12-14-24(15-13-23)29(26,27)16-11-17-7-3-2-4-8-17/h2-11,16,20H,12-15H2,1H3/b16-11+. The number of hydrogen-bond donors (Lipinski definition) is 0. The molecular weight excluding hydrogens is 412 g/mol. The zero-order valence-corrected chi connectivity index (χ0v) is 17.6. The van der Waals surface area contributed by atoms with Crippen molar-refractivity contribution in [3.63, 3.8) is 0 Å². The fourth-order valence-electron chi connectivity index (χ4n) is 3.31. The average molecular weight is 435 g/mol. The second-order valence-corrected chi connectivity index (χ2v) is 8.87. The Morgan fingerprint density at radius 2 is 1.66 bits per heavy atom. The molecule has 1 aliphatic heterocycles. The summed E-state index contributed by atoms with van der Waals surface area (Å²) in [5, 5.41) is 1.70.